The Labute approximate surface area is 118 Å². The molecule has 0 aromatic heterocycles. The Balaban J connectivity index is 1.81. The quantitative estimate of drug-likeness (QED) is 0.804. The minimum Gasteiger partial charge on any atom is -0.494 e. The highest BCUT2D eigenvalue weighted by molar-refractivity contribution is 5.76. The van der Waals surface area contributed by atoms with Gasteiger partial charge in [-0.1, -0.05) is 6.07 Å². The molecular formula is C15H21FN2O2. The van der Waals surface area contributed by atoms with Crippen LogP contribution in [0, 0.1) is 5.82 Å². The second-order valence-electron chi connectivity index (χ2n) is 5.16. The molecule has 1 aliphatic carbocycles. The average Bonchev–Trinajstić information content (AvgIpc) is 3.22. The van der Waals surface area contributed by atoms with Crippen molar-refractivity contribution in [1.29, 1.82) is 0 Å². The van der Waals surface area contributed by atoms with E-state index in [9.17, 15) is 9.18 Å². The summed E-state index contributed by atoms with van der Waals surface area (Å²) < 4.78 is 18.5. The zero-order chi connectivity index (χ0) is 14.5. The number of carbonyl (C=O) groups excluding carboxylic acids is 1. The van der Waals surface area contributed by atoms with E-state index in [2.05, 4.69) is 10.6 Å². The summed E-state index contributed by atoms with van der Waals surface area (Å²) in [6, 6.07) is 5.11. The predicted octanol–water partition coefficient (Wildman–Crippen LogP) is 2.15. The first kappa shape index (κ1) is 14.8. The van der Waals surface area contributed by atoms with Crippen LogP contribution in [-0.2, 0) is 4.79 Å². The van der Waals surface area contributed by atoms with Crippen LogP contribution < -0.4 is 15.4 Å². The first-order valence-corrected chi connectivity index (χ1v) is 6.96. The highest BCUT2D eigenvalue weighted by Gasteiger charge is 2.20. The molecular weight excluding hydrogens is 259 g/mol. The van der Waals surface area contributed by atoms with Crippen molar-refractivity contribution < 1.29 is 13.9 Å². The topological polar surface area (TPSA) is 50.4 Å². The van der Waals surface area contributed by atoms with Crippen molar-refractivity contribution in [2.45, 2.75) is 38.3 Å². The van der Waals surface area contributed by atoms with Gasteiger partial charge in [0.25, 0.3) is 0 Å². The summed E-state index contributed by atoms with van der Waals surface area (Å²) in [6.45, 7) is 2.54. The van der Waals surface area contributed by atoms with Crippen molar-refractivity contribution in [3.8, 4) is 5.75 Å². The lowest BCUT2D eigenvalue weighted by molar-refractivity contribution is -0.121. The number of halogens is 1. The zero-order valence-electron chi connectivity index (χ0n) is 11.9. The number of nitrogens with one attached hydrogen (secondary N) is 2. The van der Waals surface area contributed by atoms with Gasteiger partial charge in [0, 0.05) is 19.0 Å². The van der Waals surface area contributed by atoms with Gasteiger partial charge in [-0.2, -0.15) is 0 Å². The molecule has 0 bridgehead atoms. The second kappa shape index (κ2) is 6.70. The van der Waals surface area contributed by atoms with Crippen LogP contribution in [0.4, 0.5) is 4.39 Å². The number of hydrogen-bond acceptors (Lipinski definition) is 3. The van der Waals surface area contributed by atoms with Gasteiger partial charge < -0.3 is 15.4 Å². The van der Waals surface area contributed by atoms with Crippen molar-refractivity contribution in [3.63, 3.8) is 0 Å². The molecule has 0 radical (unpaired) electrons. The predicted molar refractivity (Wildman–Crippen MR) is 75.2 cm³/mol. The van der Waals surface area contributed by atoms with Crippen molar-refractivity contribution in [2.75, 3.05) is 13.7 Å². The van der Waals surface area contributed by atoms with E-state index in [0.29, 0.717) is 19.0 Å². The summed E-state index contributed by atoms with van der Waals surface area (Å²) in [5, 5.41) is 6.16. The van der Waals surface area contributed by atoms with Gasteiger partial charge >= 0.3 is 0 Å². The van der Waals surface area contributed by atoms with Crippen molar-refractivity contribution in [2.24, 2.45) is 0 Å². The van der Waals surface area contributed by atoms with Crippen LogP contribution in [0.3, 0.4) is 0 Å². The standard InChI is InChI=1S/C15H21FN2O2/c1-10(11-3-6-14(20-2)13(16)9-11)18-15(19)7-8-17-12-4-5-12/h3,6,9-10,12,17H,4-5,7-8H2,1-2H3,(H,18,19). The van der Waals surface area contributed by atoms with Gasteiger partial charge in [0.15, 0.2) is 11.6 Å². The minimum absolute atomic E-state index is 0.0260. The maximum absolute atomic E-state index is 13.6. The largest absolute Gasteiger partial charge is 0.494 e. The van der Waals surface area contributed by atoms with Gasteiger partial charge in [-0.15, -0.1) is 0 Å². The highest BCUT2D eigenvalue weighted by Crippen LogP contribution is 2.21. The van der Waals surface area contributed by atoms with E-state index in [1.807, 2.05) is 6.92 Å². The maximum atomic E-state index is 13.6. The second-order valence-corrected chi connectivity index (χ2v) is 5.16. The molecule has 1 atom stereocenters. The lowest BCUT2D eigenvalue weighted by atomic mass is 10.1. The lowest BCUT2D eigenvalue weighted by Crippen LogP contribution is -2.30. The summed E-state index contributed by atoms with van der Waals surface area (Å²) >= 11 is 0. The molecule has 1 amide bonds. The van der Waals surface area contributed by atoms with E-state index in [1.165, 1.54) is 26.0 Å². The third kappa shape index (κ3) is 4.20. The SMILES string of the molecule is COc1ccc(C(C)NC(=O)CCNC2CC2)cc1F. The number of benzene rings is 1. The first-order valence-electron chi connectivity index (χ1n) is 6.96. The van der Waals surface area contributed by atoms with Crippen LogP contribution in [0.5, 0.6) is 5.75 Å². The number of hydrogen-bond donors (Lipinski definition) is 2. The Morgan fingerprint density at radius 1 is 1.50 bits per heavy atom. The summed E-state index contributed by atoms with van der Waals surface area (Å²) in [5.74, 6) is -0.232. The van der Waals surface area contributed by atoms with E-state index < -0.39 is 5.82 Å². The Hall–Kier alpha value is -1.62. The van der Waals surface area contributed by atoms with Crippen molar-refractivity contribution >= 4 is 5.91 Å². The average molecular weight is 280 g/mol. The molecule has 0 aliphatic heterocycles. The summed E-state index contributed by atoms with van der Waals surface area (Å²) in [6.07, 6.45) is 2.87. The molecule has 20 heavy (non-hydrogen) atoms. The van der Waals surface area contributed by atoms with Gasteiger partial charge in [0.05, 0.1) is 13.2 Å². The van der Waals surface area contributed by atoms with E-state index in [1.54, 1.807) is 12.1 Å². The van der Waals surface area contributed by atoms with Crippen LogP contribution in [0.15, 0.2) is 18.2 Å². The smallest absolute Gasteiger partial charge is 0.221 e. The summed E-state index contributed by atoms with van der Waals surface area (Å²) in [5.41, 5.74) is 0.729. The molecule has 1 aromatic rings. The number of rotatable bonds is 7. The Kier molecular flexibility index (Phi) is 4.95. The van der Waals surface area contributed by atoms with Gasteiger partial charge in [0.2, 0.25) is 5.91 Å². The lowest BCUT2D eigenvalue weighted by Gasteiger charge is -2.15. The van der Waals surface area contributed by atoms with Gasteiger partial charge in [-0.05, 0) is 37.5 Å². The Bertz CT molecular complexity index is 475. The summed E-state index contributed by atoms with van der Waals surface area (Å²) in [7, 11) is 1.43. The molecule has 0 saturated heterocycles. The van der Waals surface area contributed by atoms with Gasteiger partial charge in [-0.25, -0.2) is 4.39 Å². The third-order valence-corrected chi connectivity index (χ3v) is 3.42. The molecule has 0 heterocycles. The molecule has 1 saturated carbocycles. The van der Waals surface area contributed by atoms with Crippen LogP contribution in [0.2, 0.25) is 0 Å². The Morgan fingerprint density at radius 3 is 2.85 bits per heavy atom. The molecule has 1 unspecified atom stereocenters. The van der Waals surface area contributed by atoms with Gasteiger partial charge in [0.1, 0.15) is 0 Å². The van der Waals surface area contributed by atoms with Crippen molar-refractivity contribution in [1.82, 2.24) is 10.6 Å². The zero-order valence-corrected chi connectivity index (χ0v) is 11.9. The highest BCUT2D eigenvalue weighted by atomic mass is 19.1. The fraction of sp³-hybridized carbons (Fsp3) is 0.533. The molecule has 5 heteroatoms. The van der Waals surface area contributed by atoms with E-state index >= 15 is 0 Å². The van der Waals surface area contributed by atoms with E-state index in [4.69, 9.17) is 4.74 Å². The molecule has 2 N–H and O–H groups in total. The molecule has 110 valence electrons. The third-order valence-electron chi connectivity index (χ3n) is 3.42. The van der Waals surface area contributed by atoms with Crippen LogP contribution in [0.1, 0.15) is 37.8 Å². The number of ether oxygens (including phenoxy) is 1. The van der Waals surface area contributed by atoms with E-state index in [0.717, 1.165) is 5.56 Å². The molecule has 1 aromatic carbocycles. The number of methoxy groups -OCH3 is 1. The maximum Gasteiger partial charge on any atom is 0.221 e. The number of carbonyl (C=O) groups is 1. The fourth-order valence-electron chi connectivity index (χ4n) is 2.03. The minimum atomic E-state index is -0.415. The first-order chi connectivity index (χ1) is 9.60. The van der Waals surface area contributed by atoms with Gasteiger partial charge in [-0.3, -0.25) is 4.79 Å². The monoisotopic (exact) mass is 280 g/mol. The van der Waals surface area contributed by atoms with E-state index in [-0.39, 0.29) is 17.7 Å². The fourth-order valence-corrected chi connectivity index (χ4v) is 2.03. The summed E-state index contributed by atoms with van der Waals surface area (Å²) in [4.78, 5) is 11.8. The molecule has 2 rings (SSSR count). The van der Waals surface area contributed by atoms with Crippen LogP contribution >= 0.6 is 0 Å². The molecule has 1 aliphatic rings. The van der Waals surface area contributed by atoms with Crippen LogP contribution in [0.25, 0.3) is 0 Å². The molecule has 1 fully saturated rings. The molecule has 0 spiro atoms. The molecule has 4 nitrogen and oxygen atoms in total. The van der Waals surface area contributed by atoms with Crippen molar-refractivity contribution in [3.05, 3.63) is 29.6 Å². The number of amides is 1. The van der Waals surface area contributed by atoms with Crippen LogP contribution in [-0.4, -0.2) is 25.6 Å². The Morgan fingerprint density at radius 2 is 2.25 bits per heavy atom. The normalized spacial score (nSPS) is 15.8.